The molecule has 2 unspecified atom stereocenters. The van der Waals surface area contributed by atoms with Crippen molar-refractivity contribution in [2.24, 2.45) is 11.3 Å². The molecule has 0 aliphatic heterocycles. The van der Waals surface area contributed by atoms with E-state index >= 15 is 0 Å². The molecule has 0 heterocycles. The van der Waals surface area contributed by atoms with Crippen molar-refractivity contribution in [1.82, 2.24) is 0 Å². The molecule has 4 nitrogen and oxygen atoms in total. The number of rotatable bonds is 3. The Labute approximate surface area is 139 Å². The number of hydrogen-bond donors (Lipinski definition) is 0. The molecule has 1 aliphatic carbocycles. The normalized spacial score (nSPS) is 25.8. The molecule has 0 saturated heterocycles. The maximum Gasteiger partial charge on any atom is 0.297 e. The van der Waals surface area contributed by atoms with Crippen LogP contribution in [0.3, 0.4) is 0 Å². The summed E-state index contributed by atoms with van der Waals surface area (Å²) in [4.78, 5) is 12.2. The summed E-state index contributed by atoms with van der Waals surface area (Å²) in [6.07, 6.45) is 0.433. The lowest BCUT2D eigenvalue weighted by molar-refractivity contribution is -0.136. The fourth-order valence-electron chi connectivity index (χ4n) is 2.83. The third-order valence-corrected chi connectivity index (χ3v) is 5.93. The van der Waals surface area contributed by atoms with Crippen molar-refractivity contribution >= 4 is 38.5 Å². The summed E-state index contributed by atoms with van der Waals surface area (Å²) in [6, 6.07) is 6.54. The summed E-state index contributed by atoms with van der Waals surface area (Å²) < 4.78 is 30.9. The molecule has 0 radical (unpaired) electrons. The van der Waals surface area contributed by atoms with Crippen LogP contribution in [0.4, 0.5) is 0 Å². The monoisotopic (exact) mass is 422 g/mol. The minimum Gasteiger partial charge on any atom is -0.299 e. The molecule has 21 heavy (non-hydrogen) atoms. The Kier molecular flexibility index (Phi) is 4.80. The third-order valence-electron chi connectivity index (χ3n) is 3.83. The fraction of sp³-hybridized carbons (Fsp3) is 0.533. The van der Waals surface area contributed by atoms with Crippen molar-refractivity contribution in [2.45, 2.75) is 44.6 Å². The molecule has 2 rings (SSSR count). The Bertz CT molecular complexity index is 634. The maximum absolute atomic E-state index is 12.3. The van der Waals surface area contributed by atoms with Crippen LogP contribution in [0.25, 0.3) is 0 Å². The maximum atomic E-state index is 12.3. The van der Waals surface area contributed by atoms with Gasteiger partial charge in [0.25, 0.3) is 10.1 Å². The van der Waals surface area contributed by atoms with Crippen LogP contribution in [0.2, 0.25) is 0 Å². The largest absolute Gasteiger partial charge is 0.299 e. The summed E-state index contributed by atoms with van der Waals surface area (Å²) in [6.45, 7) is 5.52. The minimum atomic E-state index is -3.78. The van der Waals surface area contributed by atoms with Gasteiger partial charge in [-0.05, 0) is 59.7 Å². The molecule has 1 aromatic rings. The van der Waals surface area contributed by atoms with Crippen molar-refractivity contribution in [2.75, 3.05) is 0 Å². The first-order valence-corrected chi connectivity index (χ1v) is 9.34. The van der Waals surface area contributed by atoms with Gasteiger partial charge >= 0.3 is 0 Å². The molecule has 116 valence electrons. The van der Waals surface area contributed by atoms with Crippen LogP contribution >= 0.6 is 22.6 Å². The van der Waals surface area contributed by atoms with Gasteiger partial charge in [0, 0.05) is 14.9 Å². The summed E-state index contributed by atoms with van der Waals surface area (Å²) in [5.41, 5.74) is -0.538. The van der Waals surface area contributed by atoms with Gasteiger partial charge in [0.05, 0.1) is 11.0 Å². The van der Waals surface area contributed by atoms with Crippen molar-refractivity contribution in [3.05, 3.63) is 27.8 Å². The quantitative estimate of drug-likeness (QED) is 0.554. The third kappa shape index (κ3) is 3.84. The van der Waals surface area contributed by atoms with Crippen LogP contribution in [0.1, 0.15) is 33.6 Å². The zero-order chi connectivity index (χ0) is 15.8. The van der Waals surface area contributed by atoms with E-state index in [-0.39, 0.29) is 16.6 Å². The molecule has 0 spiro atoms. The van der Waals surface area contributed by atoms with Gasteiger partial charge in [-0.1, -0.05) is 20.8 Å². The zero-order valence-electron chi connectivity index (χ0n) is 12.3. The van der Waals surface area contributed by atoms with Crippen molar-refractivity contribution < 1.29 is 17.4 Å². The van der Waals surface area contributed by atoms with E-state index in [1.807, 2.05) is 20.8 Å². The topological polar surface area (TPSA) is 60.4 Å². The second-order valence-electron chi connectivity index (χ2n) is 6.22. The van der Waals surface area contributed by atoms with E-state index in [9.17, 15) is 13.2 Å². The van der Waals surface area contributed by atoms with E-state index in [0.717, 1.165) is 3.57 Å². The molecular formula is C15H19IO4S. The van der Waals surface area contributed by atoms with Crippen molar-refractivity contribution in [3.63, 3.8) is 0 Å². The Balaban J connectivity index is 2.17. The number of benzene rings is 1. The van der Waals surface area contributed by atoms with Crippen LogP contribution in [-0.2, 0) is 19.1 Å². The molecule has 1 aromatic carbocycles. The SMILES string of the molecule is CC1CC(OS(=O)(=O)c2ccc(I)cc2)CC(C)(C)C1=O. The van der Waals surface area contributed by atoms with Crippen molar-refractivity contribution in [1.29, 1.82) is 0 Å². The summed E-state index contributed by atoms with van der Waals surface area (Å²) in [5, 5.41) is 0. The number of carbonyl (C=O) groups is 1. The average molecular weight is 422 g/mol. The average Bonchev–Trinajstić information content (AvgIpc) is 2.35. The summed E-state index contributed by atoms with van der Waals surface area (Å²) in [5.74, 6) is -0.000292. The molecule has 1 aliphatic rings. The lowest BCUT2D eigenvalue weighted by atomic mass is 9.70. The van der Waals surface area contributed by atoms with Crippen LogP contribution < -0.4 is 0 Å². The number of hydrogen-bond acceptors (Lipinski definition) is 4. The van der Waals surface area contributed by atoms with Gasteiger partial charge in [0.2, 0.25) is 0 Å². The molecule has 2 atom stereocenters. The molecular weight excluding hydrogens is 403 g/mol. The molecule has 0 bridgehead atoms. The highest BCUT2D eigenvalue weighted by atomic mass is 127. The Morgan fingerprint density at radius 3 is 2.33 bits per heavy atom. The van der Waals surface area contributed by atoms with E-state index < -0.39 is 21.6 Å². The molecule has 0 aromatic heterocycles. The Hall–Kier alpha value is -0.470. The number of ketones is 1. The van der Waals surface area contributed by atoms with Crippen LogP contribution in [0.15, 0.2) is 29.2 Å². The predicted molar refractivity (Wildman–Crippen MR) is 88.4 cm³/mol. The predicted octanol–water partition coefficient (Wildman–Crippen LogP) is 3.39. The van der Waals surface area contributed by atoms with Gasteiger partial charge in [-0.25, -0.2) is 0 Å². The smallest absolute Gasteiger partial charge is 0.297 e. The number of Topliss-reactive ketones (excluding diaryl/α,β-unsaturated/α-hetero) is 1. The molecule has 1 saturated carbocycles. The standard InChI is InChI=1S/C15H19IO4S/c1-10-8-12(9-15(2,3)14(10)17)20-21(18,19)13-6-4-11(16)5-7-13/h4-7,10,12H,8-9H2,1-3H3. The van der Waals surface area contributed by atoms with E-state index in [1.54, 1.807) is 24.3 Å². The van der Waals surface area contributed by atoms with Gasteiger partial charge in [-0.15, -0.1) is 0 Å². The van der Waals surface area contributed by atoms with Gasteiger partial charge in [0.15, 0.2) is 0 Å². The van der Waals surface area contributed by atoms with E-state index in [0.29, 0.717) is 12.8 Å². The van der Waals surface area contributed by atoms with Gasteiger partial charge in [0.1, 0.15) is 5.78 Å². The van der Waals surface area contributed by atoms with Gasteiger partial charge in [-0.3, -0.25) is 8.98 Å². The molecule has 6 heteroatoms. The van der Waals surface area contributed by atoms with Gasteiger partial charge in [-0.2, -0.15) is 8.42 Å². The highest BCUT2D eigenvalue weighted by Crippen LogP contribution is 2.37. The van der Waals surface area contributed by atoms with Crippen molar-refractivity contribution in [3.8, 4) is 0 Å². The van der Waals surface area contributed by atoms with Gasteiger partial charge < -0.3 is 0 Å². The summed E-state index contributed by atoms with van der Waals surface area (Å²) in [7, 11) is -3.78. The van der Waals surface area contributed by atoms with Crippen LogP contribution in [0.5, 0.6) is 0 Å². The second-order valence-corrected chi connectivity index (χ2v) is 9.03. The zero-order valence-corrected chi connectivity index (χ0v) is 15.3. The Morgan fingerprint density at radius 2 is 1.81 bits per heavy atom. The molecule has 0 amide bonds. The highest BCUT2D eigenvalue weighted by molar-refractivity contribution is 14.1. The lowest BCUT2D eigenvalue weighted by Crippen LogP contribution is -2.41. The fourth-order valence-corrected chi connectivity index (χ4v) is 4.28. The highest BCUT2D eigenvalue weighted by Gasteiger charge is 2.41. The first-order chi connectivity index (χ1) is 9.62. The Morgan fingerprint density at radius 1 is 1.24 bits per heavy atom. The molecule has 0 N–H and O–H groups in total. The van der Waals surface area contributed by atoms with E-state index in [1.165, 1.54) is 0 Å². The second kappa shape index (κ2) is 5.96. The molecule has 1 fully saturated rings. The minimum absolute atomic E-state index is 0.158. The first-order valence-electron chi connectivity index (χ1n) is 6.85. The number of carbonyl (C=O) groups excluding carboxylic acids is 1. The number of halogens is 1. The van der Waals surface area contributed by atoms with Crippen LogP contribution in [0, 0.1) is 14.9 Å². The first kappa shape index (κ1) is 16.9. The lowest BCUT2D eigenvalue weighted by Gasteiger charge is -2.36. The summed E-state index contributed by atoms with van der Waals surface area (Å²) >= 11 is 2.12. The van der Waals surface area contributed by atoms with Crippen LogP contribution in [-0.4, -0.2) is 20.3 Å². The van der Waals surface area contributed by atoms with E-state index in [4.69, 9.17) is 4.18 Å². The van der Waals surface area contributed by atoms with E-state index in [2.05, 4.69) is 22.6 Å².